The lowest BCUT2D eigenvalue weighted by atomic mass is 10.0. The van der Waals surface area contributed by atoms with E-state index in [2.05, 4.69) is 0 Å². The highest BCUT2D eigenvalue weighted by atomic mass is 35.5. The van der Waals surface area contributed by atoms with Gasteiger partial charge in [-0.15, -0.1) is 0 Å². The summed E-state index contributed by atoms with van der Waals surface area (Å²) in [7, 11) is -3.77. The zero-order valence-corrected chi connectivity index (χ0v) is 16.2. The molecule has 1 heterocycles. The van der Waals surface area contributed by atoms with Crippen molar-refractivity contribution in [3.8, 4) is 0 Å². The highest BCUT2D eigenvalue weighted by molar-refractivity contribution is 7.89. The maximum absolute atomic E-state index is 12.8. The van der Waals surface area contributed by atoms with Gasteiger partial charge in [-0.25, -0.2) is 8.42 Å². The van der Waals surface area contributed by atoms with Crippen molar-refractivity contribution in [2.75, 3.05) is 26.2 Å². The predicted octanol–water partition coefficient (Wildman–Crippen LogP) is 3.26. The Hall–Kier alpha value is -0.820. The largest absolute Gasteiger partial charge is 0.340 e. The number of carbonyl (C=O) groups excluding carboxylic acids is 1. The van der Waals surface area contributed by atoms with Crippen LogP contribution in [-0.4, -0.2) is 49.7 Å². The zero-order chi connectivity index (χ0) is 17.9. The summed E-state index contributed by atoms with van der Waals surface area (Å²) in [6.07, 6.45) is 1.79. The monoisotopic (exact) mass is 392 g/mol. The molecule has 1 aromatic rings. The van der Waals surface area contributed by atoms with Crippen molar-refractivity contribution < 1.29 is 13.2 Å². The minimum Gasteiger partial charge on any atom is -0.340 e. The molecule has 1 aliphatic rings. The second-order valence-electron chi connectivity index (χ2n) is 5.97. The van der Waals surface area contributed by atoms with E-state index in [1.54, 1.807) is 11.0 Å². The van der Waals surface area contributed by atoms with Crippen molar-refractivity contribution in [2.24, 2.45) is 5.92 Å². The number of amides is 1. The van der Waals surface area contributed by atoms with Gasteiger partial charge in [-0.3, -0.25) is 4.79 Å². The smallest absolute Gasteiger partial charge is 0.246 e. The fraction of sp³-hybridized carbons (Fsp3) is 0.562. The van der Waals surface area contributed by atoms with E-state index >= 15 is 0 Å². The van der Waals surface area contributed by atoms with E-state index in [0.29, 0.717) is 13.1 Å². The fourth-order valence-electron chi connectivity index (χ4n) is 2.88. The van der Waals surface area contributed by atoms with Crippen LogP contribution < -0.4 is 0 Å². The third kappa shape index (κ3) is 4.04. The van der Waals surface area contributed by atoms with Crippen LogP contribution in [-0.2, 0) is 14.8 Å². The van der Waals surface area contributed by atoms with E-state index in [4.69, 9.17) is 23.2 Å². The molecule has 0 aliphatic carbocycles. The first-order valence-electron chi connectivity index (χ1n) is 8.02. The van der Waals surface area contributed by atoms with Crippen LogP contribution in [0, 0.1) is 5.92 Å². The normalized spacial score (nSPS) is 17.8. The second-order valence-corrected chi connectivity index (χ2v) is 8.66. The first-order valence-corrected chi connectivity index (χ1v) is 10.2. The number of piperazine rings is 1. The van der Waals surface area contributed by atoms with Gasteiger partial charge in [0.25, 0.3) is 0 Å². The molecule has 0 saturated carbocycles. The summed E-state index contributed by atoms with van der Waals surface area (Å²) in [6, 6.07) is 4.62. The van der Waals surface area contributed by atoms with E-state index in [0.717, 1.165) is 12.8 Å². The lowest BCUT2D eigenvalue weighted by Gasteiger charge is -2.35. The Labute approximate surface area is 153 Å². The number of benzene rings is 1. The van der Waals surface area contributed by atoms with E-state index in [1.807, 2.05) is 13.8 Å². The van der Waals surface area contributed by atoms with Gasteiger partial charge >= 0.3 is 0 Å². The highest BCUT2D eigenvalue weighted by Crippen LogP contribution is 2.32. The molecule has 1 fully saturated rings. The van der Waals surface area contributed by atoms with Crippen LogP contribution >= 0.6 is 23.2 Å². The molecule has 134 valence electrons. The summed E-state index contributed by atoms with van der Waals surface area (Å²) in [5.74, 6) is 0.0563. The van der Waals surface area contributed by atoms with Gasteiger partial charge in [-0.1, -0.05) is 49.5 Å². The molecule has 1 aliphatic heterocycles. The number of nitrogens with zero attached hydrogens (tertiary/aromatic N) is 2. The van der Waals surface area contributed by atoms with Crippen LogP contribution in [0.25, 0.3) is 0 Å². The molecule has 0 radical (unpaired) electrons. The summed E-state index contributed by atoms with van der Waals surface area (Å²) >= 11 is 12.1. The van der Waals surface area contributed by atoms with Crippen LogP contribution in [0.2, 0.25) is 10.0 Å². The SMILES string of the molecule is CCCC(C)C(=O)N1CCN(S(=O)(=O)c2c(Cl)cccc2Cl)CC1. The lowest BCUT2D eigenvalue weighted by molar-refractivity contribution is -0.136. The van der Waals surface area contributed by atoms with Gasteiger partial charge in [-0.05, 0) is 18.6 Å². The first-order chi connectivity index (χ1) is 11.3. The molecule has 2 rings (SSSR count). The molecular weight excluding hydrogens is 371 g/mol. The van der Waals surface area contributed by atoms with E-state index in [-0.39, 0.29) is 39.9 Å². The third-order valence-corrected chi connectivity index (χ3v) is 7.07. The number of hydrogen-bond donors (Lipinski definition) is 0. The van der Waals surface area contributed by atoms with E-state index < -0.39 is 10.0 Å². The Bertz CT molecular complexity index is 681. The molecular formula is C16H22Cl2N2O3S. The van der Waals surface area contributed by atoms with Crippen molar-refractivity contribution in [2.45, 2.75) is 31.6 Å². The van der Waals surface area contributed by atoms with Crippen molar-refractivity contribution in [3.05, 3.63) is 28.2 Å². The number of carbonyl (C=O) groups is 1. The van der Waals surface area contributed by atoms with Crippen molar-refractivity contribution in [1.82, 2.24) is 9.21 Å². The number of halogens is 2. The number of sulfonamides is 1. The number of rotatable bonds is 5. The average Bonchev–Trinajstić information content (AvgIpc) is 2.54. The Kier molecular flexibility index (Phi) is 6.53. The van der Waals surface area contributed by atoms with Gasteiger partial charge in [0.2, 0.25) is 15.9 Å². The maximum Gasteiger partial charge on any atom is 0.246 e. The van der Waals surface area contributed by atoms with Crippen LogP contribution in [0.1, 0.15) is 26.7 Å². The first kappa shape index (κ1) is 19.5. The third-order valence-electron chi connectivity index (χ3n) is 4.21. The molecule has 5 nitrogen and oxygen atoms in total. The standard InChI is InChI=1S/C16H22Cl2N2O3S/c1-3-5-12(2)16(21)19-8-10-20(11-9-19)24(22,23)15-13(17)6-4-7-14(15)18/h4,6-7,12H,3,5,8-11H2,1-2H3. The maximum atomic E-state index is 12.8. The molecule has 0 bridgehead atoms. The molecule has 1 atom stereocenters. The van der Waals surface area contributed by atoms with E-state index in [9.17, 15) is 13.2 Å². The quantitative estimate of drug-likeness (QED) is 0.772. The Balaban J connectivity index is 2.10. The molecule has 0 aromatic heterocycles. The van der Waals surface area contributed by atoms with Crippen molar-refractivity contribution in [1.29, 1.82) is 0 Å². The minimum atomic E-state index is -3.77. The summed E-state index contributed by atoms with van der Waals surface area (Å²) in [6.45, 7) is 5.21. The summed E-state index contributed by atoms with van der Waals surface area (Å²) in [5, 5.41) is 0.218. The van der Waals surface area contributed by atoms with Gasteiger partial charge in [0.05, 0.1) is 10.0 Å². The van der Waals surface area contributed by atoms with Gasteiger partial charge in [-0.2, -0.15) is 4.31 Å². The zero-order valence-electron chi connectivity index (χ0n) is 13.8. The Morgan fingerprint density at radius 1 is 1.17 bits per heavy atom. The summed E-state index contributed by atoms with van der Waals surface area (Å²) in [5.41, 5.74) is 0. The molecule has 0 spiro atoms. The van der Waals surface area contributed by atoms with E-state index in [1.165, 1.54) is 16.4 Å². The average molecular weight is 393 g/mol. The molecule has 8 heteroatoms. The van der Waals surface area contributed by atoms with Gasteiger partial charge in [0.15, 0.2) is 0 Å². The number of hydrogen-bond acceptors (Lipinski definition) is 3. The highest BCUT2D eigenvalue weighted by Gasteiger charge is 2.33. The molecule has 1 amide bonds. The topological polar surface area (TPSA) is 57.7 Å². The molecule has 24 heavy (non-hydrogen) atoms. The fourth-order valence-corrected chi connectivity index (χ4v) is 5.39. The van der Waals surface area contributed by atoms with Crippen molar-refractivity contribution in [3.63, 3.8) is 0 Å². The molecule has 0 N–H and O–H groups in total. The van der Waals surface area contributed by atoms with Gasteiger partial charge in [0, 0.05) is 32.1 Å². The van der Waals surface area contributed by atoms with Crippen molar-refractivity contribution >= 4 is 39.1 Å². The Morgan fingerprint density at radius 3 is 2.21 bits per heavy atom. The van der Waals surface area contributed by atoms with Crippen LogP contribution in [0.4, 0.5) is 0 Å². The second kappa shape index (κ2) is 8.04. The molecule has 1 unspecified atom stereocenters. The molecule has 1 aromatic carbocycles. The van der Waals surface area contributed by atoms with Crippen LogP contribution in [0.5, 0.6) is 0 Å². The summed E-state index contributed by atoms with van der Waals surface area (Å²) in [4.78, 5) is 14.0. The van der Waals surface area contributed by atoms with Gasteiger partial charge < -0.3 is 4.90 Å². The molecule has 1 saturated heterocycles. The Morgan fingerprint density at radius 2 is 1.71 bits per heavy atom. The predicted molar refractivity (Wildman–Crippen MR) is 95.9 cm³/mol. The van der Waals surface area contributed by atoms with Crippen LogP contribution in [0.15, 0.2) is 23.1 Å². The van der Waals surface area contributed by atoms with Crippen LogP contribution in [0.3, 0.4) is 0 Å². The lowest BCUT2D eigenvalue weighted by Crippen LogP contribution is -2.51. The minimum absolute atomic E-state index is 0.0313. The summed E-state index contributed by atoms with van der Waals surface area (Å²) < 4.78 is 26.9. The van der Waals surface area contributed by atoms with Gasteiger partial charge in [0.1, 0.15) is 4.90 Å².